The molecule has 0 spiro atoms. The summed E-state index contributed by atoms with van der Waals surface area (Å²) in [5, 5.41) is 8.81. The van der Waals surface area contributed by atoms with Crippen molar-refractivity contribution in [1.82, 2.24) is 4.72 Å². The van der Waals surface area contributed by atoms with Crippen LogP contribution >= 0.6 is 11.8 Å². The third-order valence-corrected chi connectivity index (χ3v) is 5.90. The van der Waals surface area contributed by atoms with Gasteiger partial charge in [0.25, 0.3) is 0 Å². The van der Waals surface area contributed by atoms with Crippen LogP contribution in [0.3, 0.4) is 0 Å². The number of sulfonamides is 1. The first-order chi connectivity index (χ1) is 10.0. The first-order valence-corrected chi connectivity index (χ1v) is 9.47. The summed E-state index contributed by atoms with van der Waals surface area (Å²) < 4.78 is 27.9. The van der Waals surface area contributed by atoms with Crippen LogP contribution in [0.4, 0.5) is 0 Å². The van der Waals surface area contributed by atoms with E-state index < -0.39 is 10.0 Å². The first-order valence-electron chi connectivity index (χ1n) is 6.83. The van der Waals surface area contributed by atoms with Crippen LogP contribution in [0, 0.1) is 18.8 Å². The van der Waals surface area contributed by atoms with Gasteiger partial charge in [0.2, 0.25) is 10.0 Å². The molecule has 114 valence electrons. The predicted molar refractivity (Wildman–Crippen MR) is 85.8 cm³/mol. The Bertz CT molecular complexity index is 653. The first kappa shape index (κ1) is 16.4. The minimum absolute atomic E-state index is 0.00351. The smallest absolute Gasteiger partial charge is 0.242 e. The number of aliphatic hydroxyl groups is 1. The van der Waals surface area contributed by atoms with E-state index >= 15 is 0 Å². The molecule has 2 rings (SSSR count). The Kier molecular flexibility index (Phi) is 5.71. The quantitative estimate of drug-likeness (QED) is 0.827. The fourth-order valence-electron chi connectivity index (χ4n) is 2.21. The number of thioether (sulfide) groups is 1. The van der Waals surface area contributed by atoms with E-state index in [9.17, 15) is 8.42 Å². The Morgan fingerprint density at radius 2 is 2.10 bits per heavy atom. The van der Waals surface area contributed by atoms with Crippen molar-refractivity contribution < 1.29 is 13.5 Å². The predicted octanol–water partition coefficient (Wildman–Crippen LogP) is 1.51. The van der Waals surface area contributed by atoms with Gasteiger partial charge >= 0.3 is 0 Å². The van der Waals surface area contributed by atoms with Crippen LogP contribution in [0.15, 0.2) is 23.1 Å². The molecule has 4 nitrogen and oxygen atoms in total. The van der Waals surface area contributed by atoms with E-state index in [2.05, 4.69) is 16.6 Å². The normalized spacial score (nSPS) is 16.3. The summed E-state index contributed by atoms with van der Waals surface area (Å²) in [6.07, 6.45) is 1.71. The second-order valence-electron chi connectivity index (χ2n) is 4.97. The van der Waals surface area contributed by atoms with Crippen molar-refractivity contribution in [3.05, 3.63) is 29.3 Å². The third-order valence-electron chi connectivity index (χ3n) is 3.27. The summed E-state index contributed by atoms with van der Waals surface area (Å²) in [6, 6.07) is 5.07. The highest BCUT2D eigenvalue weighted by atomic mass is 32.2. The number of nitrogens with one attached hydrogen (secondary N) is 1. The fraction of sp³-hybridized carbons (Fsp3) is 0.467. The van der Waals surface area contributed by atoms with E-state index in [1.165, 1.54) is 0 Å². The van der Waals surface area contributed by atoms with Crippen molar-refractivity contribution in [3.63, 3.8) is 0 Å². The van der Waals surface area contributed by atoms with Crippen LogP contribution in [0.2, 0.25) is 0 Å². The number of aryl methyl sites for hydroxylation is 1. The SMILES string of the molecule is Cc1ccc(S(=O)(=O)NC2CCSCC2)c(C#CCO)c1. The van der Waals surface area contributed by atoms with Crippen molar-refractivity contribution in [2.24, 2.45) is 0 Å². The Hall–Kier alpha value is -1.00. The summed E-state index contributed by atoms with van der Waals surface area (Å²) in [7, 11) is -3.58. The van der Waals surface area contributed by atoms with Gasteiger partial charge in [-0.15, -0.1) is 0 Å². The lowest BCUT2D eigenvalue weighted by atomic mass is 10.1. The summed E-state index contributed by atoms with van der Waals surface area (Å²) in [4.78, 5) is 0.187. The van der Waals surface area contributed by atoms with Crippen LogP contribution in [-0.2, 0) is 10.0 Å². The van der Waals surface area contributed by atoms with Crippen LogP contribution in [0.25, 0.3) is 0 Å². The average molecular weight is 325 g/mol. The number of hydrogen-bond acceptors (Lipinski definition) is 4. The standard InChI is InChI=1S/C15H19NO3S2/c1-12-4-5-15(13(11-12)3-2-8-17)21(18,19)16-14-6-9-20-10-7-14/h4-5,11,14,16-17H,6-10H2,1H3. The molecular weight excluding hydrogens is 306 g/mol. The zero-order valence-corrected chi connectivity index (χ0v) is 13.6. The number of benzene rings is 1. The minimum atomic E-state index is -3.58. The highest BCUT2D eigenvalue weighted by molar-refractivity contribution is 7.99. The minimum Gasteiger partial charge on any atom is -0.384 e. The molecule has 21 heavy (non-hydrogen) atoms. The molecule has 1 heterocycles. The van der Waals surface area contributed by atoms with E-state index in [0.29, 0.717) is 5.56 Å². The molecule has 0 amide bonds. The lowest BCUT2D eigenvalue weighted by Crippen LogP contribution is -2.37. The monoisotopic (exact) mass is 325 g/mol. The second-order valence-corrected chi connectivity index (χ2v) is 7.87. The van der Waals surface area contributed by atoms with Gasteiger partial charge in [-0.05, 0) is 49.0 Å². The van der Waals surface area contributed by atoms with Gasteiger partial charge in [-0.2, -0.15) is 11.8 Å². The summed E-state index contributed by atoms with van der Waals surface area (Å²) >= 11 is 1.85. The summed E-state index contributed by atoms with van der Waals surface area (Å²) in [5.41, 5.74) is 1.37. The van der Waals surface area contributed by atoms with E-state index in [1.807, 2.05) is 18.7 Å². The topological polar surface area (TPSA) is 66.4 Å². The molecule has 0 aliphatic carbocycles. The molecule has 0 aromatic heterocycles. The summed E-state index contributed by atoms with van der Waals surface area (Å²) in [5.74, 6) is 7.21. The highest BCUT2D eigenvalue weighted by Gasteiger charge is 2.23. The van der Waals surface area contributed by atoms with Crippen LogP contribution in [0.1, 0.15) is 24.0 Å². The van der Waals surface area contributed by atoms with Crippen molar-refractivity contribution in [1.29, 1.82) is 0 Å². The Labute approximate surface area is 130 Å². The molecule has 0 bridgehead atoms. The molecule has 1 aromatic rings. The van der Waals surface area contributed by atoms with Crippen molar-refractivity contribution in [2.45, 2.75) is 30.7 Å². The second kappa shape index (κ2) is 7.32. The number of aliphatic hydroxyl groups excluding tert-OH is 1. The Morgan fingerprint density at radius 3 is 2.76 bits per heavy atom. The van der Waals surface area contributed by atoms with Crippen LogP contribution < -0.4 is 4.72 Å². The van der Waals surface area contributed by atoms with Crippen molar-refractivity contribution in [3.8, 4) is 11.8 Å². The molecule has 1 aliphatic rings. The molecule has 0 atom stereocenters. The summed E-state index contributed by atoms with van der Waals surface area (Å²) in [6.45, 7) is 1.59. The zero-order chi connectivity index (χ0) is 15.3. The van der Waals surface area contributed by atoms with Gasteiger partial charge in [0.1, 0.15) is 6.61 Å². The van der Waals surface area contributed by atoms with E-state index in [1.54, 1.807) is 18.2 Å². The number of rotatable bonds is 3. The van der Waals surface area contributed by atoms with Crippen molar-refractivity contribution in [2.75, 3.05) is 18.1 Å². The molecular formula is C15H19NO3S2. The fourth-order valence-corrected chi connectivity index (χ4v) is 4.76. The lowest BCUT2D eigenvalue weighted by molar-refractivity contribution is 0.350. The lowest BCUT2D eigenvalue weighted by Gasteiger charge is -2.22. The molecule has 0 radical (unpaired) electrons. The highest BCUT2D eigenvalue weighted by Crippen LogP contribution is 2.21. The maximum absolute atomic E-state index is 12.5. The van der Waals surface area contributed by atoms with Gasteiger partial charge in [-0.3, -0.25) is 0 Å². The molecule has 1 aliphatic heterocycles. The molecule has 0 saturated carbocycles. The average Bonchev–Trinajstić information content (AvgIpc) is 2.45. The van der Waals surface area contributed by atoms with Crippen LogP contribution in [0.5, 0.6) is 0 Å². The Balaban J connectivity index is 2.30. The third kappa shape index (κ3) is 4.48. The maximum Gasteiger partial charge on any atom is 0.242 e. The van der Waals surface area contributed by atoms with Crippen LogP contribution in [-0.4, -0.2) is 37.7 Å². The van der Waals surface area contributed by atoms with Crippen molar-refractivity contribution >= 4 is 21.8 Å². The molecule has 1 fully saturated rings. The zero-order valence-electron chi connectivity index (χ0n) is 11.9. The van der Waals surface area contributed by atoms with Gasteiger partial charge in [0.05, 0.1) is 4.90 Å². The van der Waals surface area contributed by atoms with E-state index in [4.69, 9.17) is 5.11 Å². The van der Waals surface area contributed by atoms with E-state index in [-0.39, 0.29) is 17.5 Å². The molecule has 1 aromatic carbocycles. The van der Waals surface area contributed by atoms with E-state index in [0.717, 1.165) is 29.9 Å². The Morgan fingerprint density at radius 1 is 1.38 bits per heavy atom. The molecule has 6 heteroatoms. The number of hydrogen-bond donors (Lipinski definition) is 2. The van der Waals surface area contributed by atoms with Gasteiger partial charge in [0.15, 0.2) is 0 Å². The molecule has 0 unspecified atom stereocenters. The maximum atomic E-state index is 12.5. The van der Waals surface area contributed by atoms with Gasteiger partial charge in [0, 0.05) is 11.6 Å². The molecule has 1 saturated heterocycles. The largest absolute Gasteiger partial charge is 0.384 e. The van der Waals surface area contributed by atoms with Gasteiger partial charge < -0.3 is 5.11 Å². The van der Waals surface area contributed by atoms with Gasteiger partial charge in [-0.1, -0.05) is 17.9 Å². The molecule has 2 N–H and O–H groups in total. The van der Waals surface area contributed by atoms with Gasteiger partial charge in [-0.25, -0.2) is 13.1 Å².